The lowest BCUT2D eigenvalue weighted by Crippen LogP contribution is -2.15. The van der Waals surface area contributed by atoms with E-state index < -0.39 is 0 Å². The summed E-state index contributed by atoms with van der Waals surface area (Å²) >= 11 is 0. The van der Waals surface area contributed by atoms with E-state index in [4.69, 9.17) is 37.9 Å². The van der Waals surface area contributed by atoms with Crippen molar-refractivity contribution in [1.82, 2.24) is 0 Å². The summed E-state index contributed by atoms with van der Waals surface area (Å²) in [4.78, 5) is 0. The Morgan fingerprint density at radius 1 is 0.394 bits per heavy atom. The van der Waals surface area contributed by atoms with Gasteiger partial charge >= 0.3 is 0 Å². The van der Waals surface area contributed by atoms with Gasteiger partial charge in [0.25, 0.3) is 0 Å². The van der Waals surface area contributed by atoms with E-state index in [1.54, 1.807) is 0 Å². The minimum atomic E-state index is 0.551. The molecule has 0 rings (SSSR count). The van der Waals surface area contributed by atoms with Gasteiger partial charge in [0.2, 0.25) is 0 Å². The highest BCUT2D eigenvalue weighted by molar-refractivity contribution is 4.46. The maximum absolute atomic E-state index is 5.52. The molecule has 0 amide bonds. The highest BCUT2D eigenvalue weighted by Gasteiger charge is 1.98. The van der Waals surface area contributed by atoms with Crippen LogP contribution in [0.25, 0.3) is 0 Å². The molecule has 0 radical (unpaired) electrons. The van der Waals surface area contributed by atoms with E-state index >= 15 is 0 Å². The fourth-order valence-corrected chi connectivity index (χ4v) is 2.57. The summed E-state index contributed by atoms with van der Waals surface area (Å²) in [6.07, 6.45) is 6.07. The zero-order chi connectivity index (χ0) is 24.1. The van der Waals surface area contributed by atoms with Gasteiger partial charge in [-0.3, -0.25) is 0 Å². The summed E-state index contributed by atoms with van der Waals surface area (Å²) in [5.41, 5.74) is 0. The van der Waals surface area contributed by atoms with Crippen molar-refractivity contribution in [2.24, 2.45) is 5.92 Å². The van der Waals surface area contributed by atoms with Crippen molar-refractivity contribution < 1.29 is 37.9 Å². The lowest BCUT2D eigenvalue weighted by Gasteiger charge is -2.10. The topological polar surface area (TPSA) is 73.8 Å². The van der Waals surface area contributed by atoms with E-state index in [2.05, 4.69) is 20.8 Å². The van der Waals surface area contributed by atoms with Crippen molar-refractivity contribution in [3.8, 4) is 0 Å². The Bertz CT molecular complexity index is 346. The molecular formula is C25H52O8. The first-order chi connectivity index (χ1) is 16.3. The van der Waals surface area contributed by atoms with Crippen molar-refractivity contribution in [3.05, 3.63) is 0 Å². The van der Waals surface area contributed by atoms with Gasteiger partial charge in [-0.2, -0.15) is 0 Å². The first-order valence-electron chi connectivity index (χ1n) is 12.9. The van der Waals surface area contributed by atoms with Gasteiger partial charge in [-0.1, -0.05) is 46.5 Å². The van der Waals surface area contributed by atoms with Gasteiger partial charge in [0.15, 0.2) is 0 Å². The number of ether oxygens (including phenoxy) is 8. The van der Waals surface area contributed by atoms with Crippen LogP contribution in [0.15, 0.2) is 0 Å². The fourth-order valence-electron chi connectivity index (χ4n) is 2.57. The van der Waals surface area contributed by atoms with Gasteiger partial charge in [0.1, 0.15) is 0 Å². The van der Waals surface area contributed by atoms with E-state index in [1.165, 1.54) is 19.3 Å². The highest BCUT2D eigenvalue weighted by Crippen LogP contribution is 2.00. The van der Waals surface area contributed by atoms with Gasteiger partial charge in [-0.25, -0.2) is 0 Å². The van der Waals surface area contributed by atoms with E-state index in [0.29, 0.717) is 98.4 Å². The van der Waals surface area contributed by atoms with Gasteiger partial charge in [-0.05, 0) is 12.3 Å². The normalized spacial score (nSPS) is 12.5. The van der Waals surface area contributed by atoms with Crippen LogP contribution in [0.2, 0.25) is 0 Å². The van der Waals surface area contributed by atoms with Gasteiger partial charge < -0.3 is 37.9 Å². The minimum absolute atomic E-state index is 0.551. The van der Waals surface area contributed by atoms with E-state index in [1.807, 2.05) is 0 Å². The Hall–Kier alpha value is -0.320. The van der Waals surface area contributed by atoms with Gasteiger partial charge in [0.05, 0.1) is 92.5 Å². The Morgan fingerprint density at radius 3 is 1.06 bits per heavy atom. The molecule has 0 heterocycles. The second-order valence-electron chi connectivity index (χ2n) is 7.94. The molecule has 0 spiro atoms. The molecule has 33 heavy (non-hydrogen) atoms. The first kappa shape index (κ1) is 32.7. The summed E-state index contributed by atoms with van der Waals surface area (Å²) in [5, 5.41) is 0. The van der Waals surface area contributed by atoms with Gasteiger partial charge in [0, 0.05) is 13.2 Å². The quantitative estimate of drug-likeness (QED) is 0.150. The molecule has 0 fully saturated rings. The Kier molecular flexibility index (Phi) is 29.4. The number of unbranched alkanes of at least 4 members (excludes halogenated alkanes) is 3. The second kappa shape index (κ2) is 29.7. The zero-order valence-corrected chi connectivity index (χ0v) is 21.7. The molecule has 8 nitrogen and oxygen atoms in total. The monoisotopic (exact) mass is 480 g/mol. The van der Waals surface area contributed by atoms with E-state index in [9.17, 15) is 0 Å². The van der Waals surface area contributed by atoms with Crippen LogP contribution in [0.5, 0.6) is 0 Å². The second-order valence-corrected chi connectivity index (χ2v) is 7.94. The van der Waals surface area contributed by atoms with Crippen molar-refractivity contribution in [2.45, 2.75) is 52.9 Å². The van der Waals surface area contributed by atoms with E-state index in [0.717, 1.165) is 26.1 Å². The number of hydrogen-bond acceptors (Lipinski definition) is 8. The van der Waals surface area contributed by atoms with Crippen LogP contribution in [0.4, 0.5) is 0 Å². The smallest absolute Gasteiger partial charge is 0.0701 e. The molecule has 1 atom stereocenters. The molecule has 0 aliphatic carbocycles. The number of hydrogen-bond donors (Lipinski definition) is 0. The third-order valence-corrected chi connectivity index (χ3v) is 4.85. The molecule has 1 unspecified atom stereocenters. The Morgan fingerprint density at radius 2 is 0.727 bits per heavy atom. The summed E-state index contributed by atoms with van der Waals surface area (Å²) in [5.74, 6) is 0.609. The summed E-state index contributed by atoms with van der Waals surface area (Å²) in [6.45, 7) is 16.3. The van der Waals surface area contributed by atoms with Crippen LogP contribution in [0, 0.1) is 5.92 Å². The van der Waals surface area contributed by atoms with Crippen molar-refractivity contribution in [1.29, 1.82) is 0 Å². The SMILES string of the molecule is CCCCCCOCCOCCOCCOCCOCCOCCOCCOCC(C)CC. The molecule has 0 N–H and O–H groups in total. The average Bonchev–Trinajstić information content (AvgIpc) is 2.83. The van der Waals surface area contributed by atoms with Crippen LogP contribution >= 0.6 is 0 Å². The fraction of sp³-hybridized carbons (Fsp3) is 1.00. The maximum Gasteiger partial charge on any atom is 0.0701 e. The molecule has 0 aromatic heterocycles. The maximum atomic E-state index is 5.52. The van der Waals surface area contributed by atoms with Crippen molar-refractivity contribution in [2.75, 3.05) is 106 Å². The average molecular weight is 481 g/mol. The summed E-state index contributed by atoms with van der Waals surface area (Å²) < 4.78 is 43.8. The molecule has 0 bridgehead atoms. The van der Waals surface area contributed by atoms with Crippen LogP contribution in [-0.4, -0.2) is 106 Å². The predicted octanol–water partition coefficient (Wildman–Crippen LogP) is 3.75. The van der Waals surface area contributed by atoms with E-state index in [-0.39, 0.29) is 0 Å². The molecular weight excluding hydrogens is 428 g/mol. The van der Waals surface area contributed by atoms with Crippen molar-refractivity contribution in [3.63, 3.8) is 0 Å². The molecule has 0 saturated carbocycles. The van der Waals surface area contributed by atoms with Gasteiger partial charge in [-0.15, -0.1) is 0 Å². The molecule has 8 heteroatoms. The predicted molar refractivity (Wildman–Crippen MR) is 130 cm³/mol. The molecule has 0 aliphatic rings. The molecule has 0 aromatic carbocycles. The lowest BCUT2D eigenvalue weighted by atomic mass is 10.1. The van der Waals surface area contributed by atoms with Crippen LogP contribution in [0.3, 0.4) is 0 Å². The summed E-state index contributed by atoms with van der Waals surface area (Å²) in [6, 6.07) is 0. The van der Waals surface area contributed by atoms with Crippen LogP contribution in [-0.2, 0) is 37.9 Å². The zero-order valence-electron chi connectivity index (χ0n) is 21.7. The number of rotatable bonds is 29. The van der Waals surface area contributed by atoms with Crippen LogP contribution in [0.1, 0.15) is 52.9 Å². The lowest BCUT2D eigenvalue weighted by molar-refractivity contribution is -0.0238. The third kappa shape index (κ3) is 29.6. The third-order valence-electron chi connectivity index (χ3n) is 4.85. The first-order valence-corrected chi connectivity index (χ1v) is 12.9. The minimum Gasteiger partial charge on any atom is -0.379 e. The molecule has 0 aliphatic heterocycles. The Labute approximate surface area is 202 Å². The standard InChI is InChI=1S/C25H52O8/c1-4-6-7-8-9-26-10-11-27-12-13-28-14-15-29-16-17-30-18-19-31-20-21-32-22-23-33-24-25(3)5-2/h25H,4-24H2,1-3H3. The molecule has 0 aromatic rings. The molecule has 200 valence electrons. The highest BCUT2D eigenvalue weighted by atomic mass is 16.6. The van der Waals surface area contributed by atoms with Crippen molar-refractivity contribution >= 4 is 0 Å². The molecule has 0 saturated heterocycles. The Balaban J connectivity index is 3.01. The largest absolute Gasteiger partial charge is 0.379 e. The summed E-state index contributed by atoms with van der Waals surface area (Å²) in [7, 11) is 0. The van der Waals surface area contributed by atoms with Crippen LogP contribution < -0.4 is 0 Å².